The highest BCUT2D eigenvalue weighted by atomic mass is 19.3. The number of carbonyl (C=O) groups excluding carboxylic acids is 1. The van der Waals surface area contributed by atoms with Crippen LogP contribution in [0.15, 0.2) is 42.5 Å². The minimum atomic E-state index is -2.34. The summed E-state index contributed by atoms with van der Waals surface area (Å²) in [6.45, 7) is 1.48. The van der Waals surface area contributed by atoms with Gasteiger partial charge in [0, 0.05) is 24.8 Å². The first-order valence-corrected chi connectivity index (χ1v) is 11.3. The molecule has 1 heterocycles. The average molecular weight is 445 g/mol. The molecule has 1 amide bonds. The summed E-state index contributed by atoms with van der Waals surface area (Å²) in [5.74, 6) is 0.652. The van der Waals surface area contributed by atoms with E-state index in [9.17, 15) is 13.6 Å². The first kappa shape index (κ1) is 22.7. The van der Waals surface area contributed by atoms with Crippen LogP contribution in [0.5, 0.6) is 5.75 Å². The summed E-state index contributed by atoms with van der Waals surface area (Å²) in [5, 5.41) is 5.90. The highest BCUT2D eigenvalue weighted by molar-refractivity contribution is 5.94. The minimum Gasteiger partial charge on any atom is -0.491 e. The fraction of sp³-hybridized carbons (Fsp3) is 0.480. The predicted molar refractivity (Wildman–Crippen MR) is 118 cm³/mol. The van der Waals surface area contributed by atoms with E-state index in [0.717, 1.165) is 50.0 Å². The lowest BCUT2D eigenvalue weighted by molar-refractivity contribution is 0.0679. The largest absolute Gasteiger partial charge is 0.491 e. The van der Waals surface area contributed by atoms with Crippen molar-refractivity contribution in [3.8, 4) is 5.75 Å². The van der Waals surface area contributed by atoms with Crippen LogP contribution in [-0.2, 0) is 24.1 Å². The summed E-state index contributed by atoms with van der Waals surface area (Å²) in [6.07, 6.45) is 2.42. The molecule has 2 aromatic carbocycles. The quantitative estimate of drug-likeness (QED) is 0.616. The van der Waals surface area contributed by atoms with Gasteiger partial charge in [-0.2, -0.15) is 0 Å². The van der Waals surface area contributed by atoms with Crippen LogP contribution >= 0.6 is 0 Å². The lowest BCUT2D eigenvalue weighted by Gasteiger charge is -2.26. The SMILES string of the molecule is O=C(N[C@H]1CCc2cc(CNCC(F)F)ccc2C1)c1ccc(OC[C@@H]2CCCO2)cc1. The summed E-state index contributed by atoms with van der Waals surface area (Å²) >= 11 is 0. The third kappa shape index (κ3) is 6.26. The van der Waals surface area contributed by atoms with Crippen LogP contribution in [0.4, 0.5) is 8.78 Å². The molecule has 0 spiro atoms. The molecule has 1 saturated heterocycles. The van der Waals surface area contributed by atoms with Crippen LogP contribution in [0.3, 0.4) is 0 Å². The van der Waals surface area contributed by atoms with E-state index < -0.39 is 6.43 Å². The van der Waals surface area contributed by atoms with Crippen molar-refractivity contribution in [1.82, 2.24) is 10.6 Å². The molecule has 1 aliphatic carbocycles. The molecule has 0 aromatic heterocycles. The second kappa shape index (κ2) is 10.9. The lowest BCUT2D eigenvalue weighted by atomic mass is 9.87. The van der Waals surface area contributed by atoms with Crippen LogP contribution in [0.2, 0.25) is 0 Å². The number of alkyl halides is 2. The molecular weight excluding hydrogens is 414 g/mol. The molecule has 0 unspecified atom stereocenters. The standard InChI is InChI=1S/C25H30F2N2O3/c26-24(27)15-28-14-17-3-4-20-13-21(8-5-19(20)12-17)29-25(30)18-6-9-22(10-7-18)32-16-23-2-1-11-31-23/h3-4,6-7,9-10,12,21,23-24,28H,1-2,5,8,11,13-16H2,(H,29,30)/t21-,23-/m0/s1. The molecule has 0 saturated carbocycles. The van der Waals surface area contributed by atoms with Crippen LogP contribution in [0.1, 0.15) is 46.3 Å². The fourth-order valence-corrected chi connectivity index (χ4v) is 4.30. The molecule has 2 atom stereocenters. The number of nitrogens with one attached hydrogen (secondary N) is 2. The number of hydrogen-bond donors (Lipinski definition) is 2. The lowest BCUT2D eigenvalue weighted by Crippen LogP contribution is -2.38. The number of rotatable bonds is 9. The van der Waals surface area contributed by atoms with E-state index in [-0.39, 0.29) is 24.6 Å². The van der Waals surface area contributed by atoms with E-state index >= 15 is 0 Å². The molecule has 5 nitrogen and oxygen atoms in total. The van der Waals surface area contributed by atoms with Crippen molar-refractivity contribution in [2.45, 2.75) is 57.2 Å². The second-order valence-corrected chi connectivity index (χ2v) is 8.51. The molecule has 4 rings (SSSR count). The molecule has 2 N–H and O–H groups in total. The van der Waals surface area contributed by atoms with Crippen LogP contribution in [-0.4, -0.2) is 44.2 Å². The summed E-state index contributed by atoms with van der Waals surface area (Å²) in [5.41, 5.74) is 4.06. The average Bonchev–Trinajstić information content (AvgIpc) is 3.31. The number of amides is 1. The van der Waals surface area contributed by atoms with Crippen LogP contribution < -0.4 is 15.4 Å². The van der Waals surface area contributed by atoms with Crippen molar-refractivity contribution < 1.29 is 23.0 Å². The Labute approximate surface area is 187 Å². The van der Waals surface area contributed by atoms with Gasteiger partial charge >= 0.3 is 0 Å². The third-order valence-corrected chi connectivity index (χ3v) is 6.04. The maximum atomic E-state index is 12.7. The van der Waals surface area contributed by atoms with Gasteiger partial charge in [0.25, 0.3) is 12.3 Å². The number of halogens is 2. The Morgan fingerprint density at radius 3 is 2.72 bits per heavy atom. The van der Waals surface area contributed by atoms with Gasteiger partial charge in [0.05, 0.1) is 12.6 Å². The fourth-order valence-electron chi connectivity index (χ4n) is 4.30. The molecule has 32 heavy (non-hydrogen) atoms. The molecule has 1 aliphatic heterocycles. The molecule has 0 bridgehead atoms. The Kier molecular flexibility index (Phi) is 7.71. The van der Waals surface area contributed by atoms with Gasteiger partial charge in [0.15, 0.2) is 0 Å². The number of hydrogen-bond acceptors (Lipinski definition) is 4. The number of aryl methyl sites for hydroxylation is 1. The summed E-state index contributed by atoms with van der Waals surface area (Å²) in [7, 11) is 0. The summed E-state index contributed by atoms with van der Waals surface area (Å²) in [4.78, 5) is 12.7. The van der Waals surface area contributed by atoms with Gasteiger partial charge < -0.3 is 20.1 Å². The van der Waals surface area contributed by atoms with E-state index in [2.05, 4.69) is 16.7 Å². The minimum absolute atomic E-state index is 0.0771. The van der Waals surface area contributed by atoms with Gasteiger partial charge in [-0.15, -0.1) is 0 Å². The zero-order valence-corrected chi connectivity index (χ0v) is 18.1. The Bertz CT molecular complexity index is 899. The topological polar surface area (TPSA) is 59.6 Å². The first-order valence-electron chi connectivity index (χ1n) is 11.3. The summed E-state index contributed by atoms with van der Waals surface area (Å²) < 4.78 is 35.9. The van der Waals surface area contributed by atoms with Gasteiger partial charge in [-0.3, -0.25) is 4.79 Å². The van der Waals surface area contributed by atoms with Crippen molar-refractivity contribution >= 4 is 5.91 Å². The van der Waals surface area contributed by atoms with E-state index in [1.807, 2.05) is 24.3 Å². The smallest absolute Gasteiger partial charge is 0.251 e. The molecule has 2 aliphatic rings. The number of fused-ring (bicyclic) bond motifs is 1. The second-order valence-electron chi connectivity index (χ2n) is 8.51. The molecular formula is C25H30F2N2O3. The van der Waals surface area contributed by atoms with Gasteiger partial charge in [0.2, 0.25) is 0 Å². The van der Waals surface area contributed by atoms with Gasteiger partial charge in [-0.25, -0.2) is 8.78 Å². The van der Waals surface area contributed by atoms with E-state index in [0.29, 0.717) is 18.7 Å². The van der Waals surface area contributed by atoms with Crippen molar-refractivity contribution in [2.24, 2.45) is 0 Å². The monoisotopic (exact) mass is 444 g/mol. The van der Waals surface area contributed by atoms with Crippen molar-refractivity contribution in [2.75, 3.05) is 19.8 Å². The Morgan fingerprint density at radius 1 is 1.12 bits per heavy atom. The van der Waals surface area contributed by atoms with Gasteiger partial charge in [-0.05, 0) is 73.1 Å². The summed E-state index contributed by atoms with van der Waals surface area (Å²) in [6, 6.07) is 13.4. The molecule has 1 fully saturated rings. The molecule has 2 aromatic rings. The number of benzene rings is 2. The Balaban J connectivity index is 1.26. The van der Waals surface area contributed by atoms with Crippen molar-refractivity contribution in [3.63, 3.8) is 0 Å². The zero-order chi connectivity index (χ0) is 22.3. The Morgan fingerprint density at radius 2 is 1.97 bits per heavy atom. The molecule has 0 radical (unpaired) electrons. The van der Waals surface area contributed by atoms with Gasteiger partial charge in [-0.1, -0.05) is 18.2 Å². The number of carbonyl (C=O) groups is 1. The molecule has 172 valence electrons. The van der Waals surface area contributed by atoms with Crippen LogP contribution in [0.25, 0.3) is 0 Å². The Hall–Kier alpha value is -2.51. The molecule has 7 heteroatoms. The predicted octanol–water partition coefficient (Wildman–Crippen LogP) is 3.89. The highest BCUT2D eigenvalue weighted by Crippen LogP contribution is 2.23. The van der Waals surface area contributed by atoms with Crippen LogP contribution in [0, 0.1) is 0 Å². The maximum absolute atomic E-state index is 12.7. The highest BCUT2D eigenvalue weighted by Gasteiger charge is 2.21. The maximum Gasteiger partial charge on any atom is 0.251 e. The van der Waals surface area contributed by atoms with E-state index in [4.69, 9.17) is 9.47 Å². The third-order valence-electron chi connectivity index (χ3n) is 6.04. The van der Waals surface area contributed by atoms with Crippen molar-refractivity contribution in [3.05, 3.63) is 64.7 Å². The normalized spacial score (nSPS) is 20.2. The number of ether oxygens (including phenoxy) is 2. The van der Waals surface area contributed by atoms with E-state index in [1.54, 1.807) is 12.1 Å². The van der Waals surface area contributed by atoms with Gasteiger partial charge in [0.1, 0.15) is 12.4 Å². The zero-order valence-electron chi connectivity index (χ0n) is 18.1. The van der Waals surface area contributed by atoms with Crippen molar-refractivity contribution in [1.29, 1.82) is 0 Å². The van der Waals surface area contributed by atoms with E-state index in [1.165, 1.54) is 11.1 Å². The first-order chi connectivity index (χ1) is 15.6.